The second-order valence-electron chi connectivity index (χ2n) is 5.47. The van der Waals surface area contributed by atoms with Crippen molar-refractivity contribution in [3.8, 4) is 0 Å². The van der Waals surface area contributed by atoms with E-state index in [9.17, 15) is 9.59 Å². The molecule has 0 radical (unpaired) electrons. The van der Waals surface area contributed by atoms with Crippen LogP contribution in [0.5, 0.6) is 0 Å². The minimum absolute atomic E-state index is 0.0907. The summed E-state index contributed by atoms with van der Waals surface area (Å²) < 4.78 is 10.1. The molecule has 106 valence electrons. The molecule has 1 heterocycles. The first-order valence-corrected chi connectivity index (χ1v) is 6.25. The third-order valence-electron chi connectivity index (χ3n) is 2.39. The van der Waals surface area contributed by atoms with Crippen molar-refractivity contribution in [3.05, 3.63) is 24.2 Å². The summed E-state index contributed by atoms with van der Waals surface area (Å²) in [6.07, 6.45) is 3.42. The van der Waals surface area contributed by atoms with Crippen LogP contribution in [-0.4, -0.2) is 29.4 Å². The smallest absolute Gasteiger partial charge is 0.306 e. The number of carbonyl (C=O) groups excluding carboxylic acids is 2. The van der Waals surface area contributed by atoms with E-state index in [1.807, 2.05) is 0 Å². The maximum atomic E-state index is 11.8. The first-order chi connectivity index (χ1) is 8.78. The summed E-state index contributed by atoms with van der Waals surface area (Å²) in [4.78, 5) is 24.9. The van der Waals surface area contributed by atoms with Crippen LogP contribution in [0.15, 0.2) is 23.0 Å². The Labute approximate surface area is 113 Å². The van der Waals surface area contributed by atoms with Gasteiger partial charge in [-0.1, -0.05) is 0 Å². The summed E-state index contributed by atoms with van der Waals surface area (Å²) in [6.45, 7) is 5.89. The Balaban J connectivity index is 2.32. The molecule has 0 aliphatic heterocycles. The zero-order valence-corrected chi connectivity index (χ0v) is 11.9. The lowest BCUT2D eigenvalue weighted by atomic mass is 10.2. The topological polar surface area (TPSA) is 59.8 Å². The largest absolute Gasteiger partial charge is 0.472 e. The van der Waals surface area contributed by atoms with Gasteiger partial charge in [0.05, 0.1) is 18.9 Å². The van der Waals surface area contributed by atoms with Crippen LogP contribution in [0.4, 0.5) is 0 Å². The van der Waals surface area contributed by atoms with Crippen molar-refractivity contribution in [2.24, 2.45) is 0 Å². The van der Waals surface area contributed by atoms with Crippen molar-refractivity contribution >= 4 is 11.9 Å². The molecule has 5 nitrogen and oxygen atoms in total. The molecule has 1 amide bonds. The van der Waals surface area contributed by atoms with E-state index in [0.29, 0.717) is 6.54 Å². The van der Waals surface area contributed by atoms with Crippen LogP contribution in [0.3, 0.4) is 0 Å². The highest BCUT2D eigenvalue weighted by molar-refractivity contribution is 5.81. The van der Waals surface area contributed by atoms with E-state index in [2.05, 4.69) is 0 Å². The molecule has 0 aromatic carbocycles. The van der Waals surface area contributed by atoms with E-state index in [-0.39, 0.29) is 24.7 Å². The Hall–Kier alpha value is -1.78. The quantitative estimate of drug-likeness (QED) is 0.768. The number of furan rings is 1. The fourth-order valence-corrected chi connectivity index (χ4v) is 1.54. The van der Waals surface area contributed by atoms with Crippen LogP contribution >= 0.6 is 0 Å². The van der Waals surface area contributed by atoms with Crippen LogP contribution in [-0.2, 0) is 20.9 Å². The first-order valence-electron chi connectivity index (χ1n) is 6.25. The van der Waals surface area contributed by atoms with Crippen LogP contribution in [0, 0.1) is 0 Å². The summed E-state index contributed by atoms with van der Waals surface area (Å²) >= 11 is 0. The highest BCUT2D eigenvalue weighted by Gasteiger charge is 2.18. The number of esters is 1. The molecule has 1 aromatic heterocycles. The van der Waals surface area contributed by atoms with Gasteiger partial charge in [0.15, 0.2) is 0 Å². The van der Waals surface area contributed by atoms with Crippen molar-refractivity contribution in [1.82, 2.24) is 4.90 Å². The second-order valence-corrected chi connectivity index (χ2v) is 5.47. The Morgan fingerprint density at radius 3 is 2.53 bits per heavy atom. The molecule has 1 aromatic rings. The summed E-state index contributed by atoms with van der Waals surface area (Å²) in [7, 11) is 1.70. The van der Waals surface area contributed by atoms with E-state index in [4.69, 9.17) is 9.15 Å². The minimum atomic E-state index is -0.511. The average molecular weight is 267 g/mol. The predicted octanol–water partition coefficient (Wildman–Crippen LogP) is 2.36. The third-order valence-corrected chi connectivity index (χ3v) is 2.39. The Morgan fingerprint density at radius 2 is 2.00 bits per heavy atom. The molecule has 0 fully saturated rings. The van der Waals surface area contributed by atoms with Gasteiger partial charge in [-0.2, -0.15) is 0 Å². The lowest BCUT2D eigenvalue weighted by Gasteiger charge is -2.20. The maximum Gasteiger partial charge on any atom is 0.306 e. The Bertz CT molecular complexity index is 417. The fraction of sp³-hybridized carbons (Fsp3) is 0.571. The normalized spacial score (nSPS) is 11.2. The zero-order valence-electron chi connectivity index (χ0n) is 11.9. The number of hydrogen-bond donors (Lipinski definition) is 0. The van der Waals surface area contributed by atoms with Gasteiger partial charge in [-0.25, -0.2) is 0 Å². The molecule has 0 saturated carbocycles. The molecule has 0 spiro atoms. The zero-order chi connectivity index (χ0) is 14.5. The van der Waals surface area contributed by atoms with Gasteiger partial charge in [0.2, 0.25) is 5.91 Å². The summed E-state index contributed by atoms with van der Waals surface area (Å²) in [5, 5.41) is 0. The van der Waals surface area contributed by atoms with E-state index >= 15 is 0 Å². The predicted molar refractivity (Wildman–Crippen MR) is 70.3 cm³/mol. The average Bonchev–Trinajstić information content (AvgIpc) is 2.76. The fourth-order valence-electron chi connectivity index (χ4n) is 1.54. The van der Waals surface area contributed by atoms with Gasteiger partial charge in [0.1, 0.15) is 5.60 Å². The summed E-state index contributed by atoms with van der Waals surface area (Å²) in [5.41, 5.74) is 0.413. The van der Waals surface area contributed by atoms with E-state index in [1.54, 1.807) is 51.3 Å². The molecular formula is C14H21NO4. The highest BCUT2D eigenvalue weighted by atomic mass is 16.6. The molecular weight excluding hydrogens is 246 g/mol. The number of nitrogens with zero attached hydrogens (tertiary/aromatic N) is 1. The minimum Gasteiger partial charge on any atom is -0.472 e. The SMILES string of the molecule is CN(Cc1ccoc1)C(=O)CCC(=O)OC(C)(C)C. The maximum absolute atomic E-state index is 11.8. The lowest BCUT2D eigenvalue weighted by Crippen LogP contribution is -2.28. The molecule has 19 heavy (non-hydrogen) atoms. The molecule has 1 rings (SSSR count). The molecule has 0 atom stereocenters. The van der Waals surface area contributed by atoms with Crippen LogP contribution < -0.4 is 0 Å². The van der Waals surface area contributed by atoms with Crippen LogP contribution in [0.2, 0.25) is 0 Å². The van der Waals surface area contributed by atoms with Crippen molar-refractivity contribution in [3.63, 3.8) is 0 Å². The van der Waals surface area contributed by atoms with Gasteiger partial charge in [0, 0.05) is 25.6 Å². The molecule has 0 saturated heterocycles. The molecule has 0 aliphatic carbocycles. The van der Waals surface area contributed by atoms with Gasteiger partial charge in [-0.15, -0.1) is 0 Å². The number of hydrogen-bond acceptors (Lipinski definition) is 4. The van der Waals surface area contributed by atoms with E-state index in [0.717, 1.165) is 5.56 Å². The van der Waals surface area contributed by atoms with Crippen molar-refractivity contribution in [2.75, 3.05) is 7.05 Å². The molecule has 0 bridgehead atoms. The van der Waals surface area contributed by atoms with Gasteiger partial charge in [0.25, 0.3) is 0 Å². The van der Waals surface area contributed by atoms with E-state index in [1.165, 1.54) is 0 Å². The number of rotatable bonds is 5. The number of ether oxygens (including phenoxy) is 1. The highest BCUT2D eigenvalue weighted by Crippen LogP contribution is 2.10. The molecule has 0 unspecified atom stereocenters. The van der Waals surface area contributed by atoms with Gasteiger partial charge in [-0.3, -0.25) is 9.59 Å². The number of amides is 1. The Morgan fingerprint density at radius 1 is 1.32 bits per heavy atom. The molecule has 0 aliphatic rings. The monoisotopic (exact) mass is 267 g/mol. The standard InChI is InChI=1S/C14H21NO4/c1-14(2,3)19-13(17)6-5-12(16)15(4)9-11-7-8-18-10-11/h7-8,10H,5-6,9H2,1-4H3. The van der Waals surface area contributed by atoms with Crippen LogP contribution in [0.1, 0.15) is 39.2 Å². The number of carbonyl (C=O) groups is 2. The van der Waals surface area contributed by atoms with Crippen molar-refractivity contribution in [2.45, 2.75) is 45.8 Å². The molecule has 0 N–H and O–H groups in total. The third kappa shape index (κ3) is 6.08. The molecule has 5 heteroatoms. The first kappa shape index (κ1) is 15.3. The van der Waals surface area contributed by atoms with Crippen molar-refractivity contribution < 1.29 is 18.7 Å². The van der Waals surface area contributed by atoms with Crippen molar-refractivity contribution in [1.29, 1.82) is 0 Å². The summed E-state index contributed by atoms with van der Waals surface area (Å²) in [6, 6.07) is 1.80. The summed E-state index contributed by atoms with van der Waals surface area (Å²) in [5.74, 6) is -0.440. The second kappa shape index (κ2) is 6.41. The Kier molecular flexibility index (Phi) is 5.15. The van der Waals surface area contributed by atoms with Crippen LogP contribution in [0.25, 0.3) is 0 Å². The van der Waals surface area contributed by atoms with E-state index < -0.39 is 5.60 Å². The van der Waals surface area contributed by atoms with Gasteiger partial charge in [-0.05, 0) is 26.8 Å². The van der Waals surface area contributed by atoms with Gasteiger partial charge < -0.3 is 14.1 Å². The lowest BCUT2D eigenvalue weighted by molar-refractivity contribution is -0.156. The van der Waals surface area contributed by atoms with Gasteiger partial charge >= 0.3 is 5.97 Å².